The molecule has 0 spiro atoms. The van der Waals surface area contributed by atoms with Crippen LogP contribution in [0.1, 0.15) is 24.9 Å². The van der Waals surface area contributed by atoms with Gasteiger partial charge in [-0.15, -0.1) is 0 Å². The number of aryl methyl sites for hydroxylation is 1. The summed E-state index contributed by atoms with van der Waals surface area (Å²) < 4.78 is 10.6. The predicted octanol–water partition coefficient (Wildman–Crippen LogP) is 1.26. The third-order valence-corrected chi connectivity index (χ3v) is 3.39. The quantitative estimate of drug-likeness (QED) is 0.804. The van der Waals surface area contributed by atoms with Gasteiger partial charge in [0.25, 0.3) is 0 Å². The van der Waals surface area contributed by atoms with Crippen LogP contribution in [0.5, 0.6) is 0 Å². The van der Waals surface area contributed by atoms with E-state index in [0.717, 1.165) is 5.76 Å². The third kappa shape index (κ3) is 3.45. The van der Waals surface area contributed by atoms with E-state index in [-0.39, 0.29) is 18.6 Å². The molecule has 1 aromatic heterocycles. The van der Waals surface area contributed by atoms with Crippen LogP contribution in [0.3, 0.4) is 0 Å². The molecule has 2 unspecified atom stereocenters. The summed E-state index contributed by atoms with van der Waals surface area (Å²) >= 11 is 0. The van der Waals surface area contributed by atoms with Crippen molar-refractivity contribution >= 4 is 12.0 Å². The number of carbonyl (C=O) groups is 1. The molecule has 5 heteroatoms. The summed E-state index contributed by atoms with van der Waals surface area (Å²) in [6.07, 6.45) is 3.27. The lowest BCUT2D eigenvalue weighted by molar-refractivity contribution is -0.118. The highest BCUT2D eigenvalue weighted by atomic mass is 16.5. The van der Waals surface area contributed by atoms with Gasteiger partial charge in [-0.2, -0.15) is 0 Å². The lowest BCUT2D eigenvalue weighted by Crippen LogP contribution is -2.47. The fourth-order valence-corrected chi connectivity index (χ4v) is 2.00. The predicted molar refractivity (Wildman–Crippen MR) is 70.5 cm³/mol. The smallest absolute Gasteiger partial charge is 0.244 e. The van der Waals surface area contributed by atoms with Gasteiger partial charge in [-0.05, 0) is 32.1 Å². The second kappa shape index (κ2) is 5.59. The summed E-state index contributed by atoms with van der Waals surface area (Å²) in [5, 5.41) is 12.9. The van der Waals surface area contributed by atoms with Gasteiger partial charge in [-0.25, -0.2) is 0 Å². The van der Waals surface area contributed by atoms with Crippen LogP contribution >= 0.6 is 0 Å². The van der Waals surface area contributed by atoms with Crippen LogP contribution in [0, 0.1) is 6.92 Å². The first kappa shape index (κ1) is 13.8. The highest BCUT2D eigenvalue weighted by molar-refractivity contribution is 5.91. The number of nitrogens with one attached hydrogen (secondary N) is 1. The minimum Gasteiger partial charge on any atom is -0.462 e. The maximum atomic E-state index is 11.6. The van der Waals surface area contributed by atoms with Crippen LogP contribution in [0.15, 0.2) is 22.6 Å². The van der Waals surface area contributed by atoms with E-state index >= 15 is 0 Å². The molecule has 1 aromatic rings. The first-order valence-corrected chi connectivity index (χ1v) is 6.36. The maximum Gasteiger partial charge on any atom is 0.244 e. The molecule has 0 saturated carbocycles. The molecule has 0 aromatic carbocycles. The lowest BCUT2D eigenvalue weighted by Gasteiger charge is -2.25. The van der Waals surface area contributed by atoms with E-state index in [1.807, 2.05) is 13.0 Å². The van der Waals surface area contributed by atoms with Crippen molar-refractivity contribution < 1.29 is 19.1 Å². The molecular weight excluding hydrogens is 246 g/mol. The summed E-state index contributed by atoms with van der Waals surface area (Å²) in [5.41, 5.74) is -0.967. The molecule has 1 aliphatic heterocycles. The number of carbonyl (C=O) groups excluding carboxylic acids is 1. The number of hydrogen-bond donors (Lipinski definition) is 2. The van der Waals surface area contributed by atoms with Crippen molar-refractivity contribution in [2.75, 3.05) is 13.2 Å². The molecule has 0 aliphatic carbocycles. The number of furan rings is 1. The van der Waals surface area contributed by atoms with Crippen molar-refractivity contribution in [3.05, 3.63) is 29.7 Å². The van der Waals surface area contributed by atoms with E-state index in [0.29, 0.717) is 18.8 Å². The largest absolute Gasteiger partial charge is 0.462 e. The third-order valence-electron chi connectivity index (χ3n) is 3.39. The fraction of sp³-hybridized carbons (Fsp3) is 0.500. The zero-order valence-electron chi connectivity index (χ0n) is 11.2. The minimum absolute atomic E-state index is 0.189. The summed E-state index contributed by atoms with van der Waals surface area (Å²) in [6.45, 7) is 4.36. The maximum absolute atomic E-state index is 11.6. The van der Waals surface area contributed by atoms with E-state index in [2.05, 4.69) is 5.32 Å². The topological polar surface area (TPSA) is 71.7 Å². The van der Waals surface area contributed by atoms with Gasteiger partial charge in [0.05, 0.1) is 6.10 Å². The van der Waals surface area contributed by atoms with Crippen LogP contribution in [-0.2, 0) is 9.53 Å². The van der Waals surface area contributed by atoms with Crippen molar-refractivity contribution in [1.82, 2.24) is 5.32 Å². The van der Waals surface area contributed by atoms with Crippen molar-refractivity contribution in [2.45, 2.75) is 32.0 Å². The average molecular weight is 265 g/mol. The van der Waals surface area contributed by atoms with E-state index in [9.17, 15) is 9.90 Å². The fourth-order valence-electron chi connectivity index (χ4n) is 2.00. The molecule has 104 valence electrons. The Kier molecular flexibility index (Phi) is 4.07. The second-order valence-electron chi connectivity index (χ2n) is 4.87. The van der Waals surface area contributed by atoms with Gasteiger partial charge in [0.1, 0.15) is 17.1 Å². The molecule has 1 fully saturated rings. The van der Waals surface area contributed by atoms with Gasteiger partial charge in [0.15, 0.2) is 0 Å². The summed E-state index contributed by atoms with van der Waals surface area (Å²) in [6, 6.07) is 3.62. The molecule has 2 heterocycles. The summed E-state index contributed by atoms with van der Waals surface area (Å²) in [7, 11) is 0. The summed E-state index contributed by atoms with van der Waals surface area (Å²) in [5.74, 6) is 1.16. The Morgan fingerprint density at radius 3 is 3.00 bits per heavy atom. The normalized spacial score (nSPS) is 27.0. The van der Waals surface area contributed by atoms with Crippen molar-refractivity contribution in [3.8, 4) is 0 Å². The van der Waals surface area contributed by atoms with Crippen LogP contribution in [0.2, 0.25) is 0 Å². The van der Waals surface area contributed by atoms with Crippen LogP contribution in [0.25, 0.3) is 6.08 Å². The Morgan fingerprint density at radius 2 is 2.42 bits per heavy atom. The Bertz CT molecular complexity index is 480. The van der Waals surface area contributed by atoms with Crippen molar-refractivity contribution in [1.29, 1.82) is 0 Å². The van der Waals surface area contributed by atoms with Gasteiger partial charge in [0.2, 0.25) is 5.91 Å². The molecule has 1 amide bonds. The molecule has 5 nitrogen and oxygen atoms in total. The van der Waals surface area contributed by atoms with Gasteiger partial charge < -0.3 is 19.6 Å². The second-order valence-corrected chi connectivity index (χ2v) is 4.87. The van der Waals surface area contributed by atoms with Crippen molar-refractivity contribution in [2.24, 2.45) is 0 Å². The molecule has 19 heavy (non-hydrogen) atoms. The molecular formula is C14H19NO4. The Morgan fingerprint density at radius 1 is 1.63 bits per heavy atom. The molecule has 1 saturated heterocycles. The van der Waals surface area contributed by atoms with E-state index in [1.165, 1.54) is 6.08 Å². The Labute approximate surface area is 112 Å². The van der Waals surface area contributed by atoms with E-state index in [1.54, 1.807) is 19.1 Å². The molecule has 1 aliphatic rings. The molecule has 0 bridgehead atoms. The molecule has 2 N–H and O–H groups in total. The zero-order valence-corrected chi connectivity index (χ0v) is 11.2. The van der Waals surface area contributed by atoms with Gasteiger partial charge >= 0.3 is 0 Å². The van der Waals surface area contributed by atoms with Gasteiger partial charge in [0, 0.05) is 25.6 Å². The first-order chi connectivity index (χ1) is 8.99. The SMILES string of the molecule is Cc1ccc(/C=C/C(=O)NCC2(O)CCOC2C)o1. The lowest BCUT2D eigenvalue weighted by atomic mass is 9.97. The van der Waals surface area contributed by atoms with Crippen LogP contribution in [0.4, 0.5) is 0 Å². The van der Waals surface area contributed by atoms with Gasteiger partial charge in [-0.3, -0.25) is 4.79 Å². The Balaban J connectivity index is 1.83. The molecule has 0 radical (unpaired) electrons. The highest BCUT2D eigenvalue weighted by Gasteiger charge is 2.39. The standard InChI is InChI=1S/C14H19NO4/c1-10-3-4-12(19-10)5-6-13(16)15-9-14(17)7-8-18-11(14)2/h3-6,11,17H,7-9H2,1-2H3,(H,15,16)/b6-5+. The number of hydrogen-bond acceptors (Lipinski definition) is 4. The Hall–Kier alpha value is -1.59. The van der Waals surface area contributed by atoms with Crippen molar-refractivity contribution in [3.63, 3.8) is 0 Å². The average Bonchev–Trinajstić information content (AvgIpc) is 2.92. The van der Waals surface area contributed by atoms with E-state index < -0.39 is 5.60 Å². The highest BCUT2D eigenvalue weighted by Crippen LogP contribution is 2.24. The molecule has 2 atom stereocenters. The number of aliphatic hydroxyl groups is 1. The number of ether oxygens (including phenoxy) is 1. The zero-order chi connectivity index (χ0) is 13.9. The monoisotopic (exact) mass is 265 g/mol. The van der Waals surface area contributed by atoms with Crippen LogP contribution in [-0.4, -0.2) is 35.9 Å². The van der Waals surface area contributed by atoms with Crippen LogP contribution < -0.4 is 5.32 Å². The van der Waals surface area contributed by atoms with Gasteiger partial charge in [-0.1, -0.05) is 0 Å². The minimum atomic E-state index is -0.967. The molecule has 2 rings (SSSR count). The first-order valence-electron chi connectivity index (χ1n) is 6.36. The summed E-state index contributed by atoms with van der Waals surface area (Å²) in [4.78, 5) is 11.6. The number of rotatable bonds is 4. The number of amides is 1. The van der Waals surface area contributed by atoms with E-state index in [4.69, 9.17) is 9.15 Å².